The van der Waals surface area contributed by atoms with E-state index in [9.17, 15) is 5.11 Å². The maximum atomic E-state index is 11.5. The van der Waals surface area contributed by atoms with Crippen LogP contribution in [0.15, 0.2) is 109 Å². The first-order valence-electron chi connectivity index (χ1n) is 8.84. The van der Waals surface area contributed by atoms with Gasteiger partial charge in [-0.3, -0.25) is 0 Å². The van der Waals surface area contributed by atoms with E-state index in [1.807, 2.05) is 95.9 Å². The maximum Gasteiger partial charge on any atom is 0.165 e. The molecule has 1 N–H and O–H groups in total. The van der Waals surface area contributed by atoms with Gasteiger partial charge in [-0.05, 0) is 41.5 Å². The van der Waals surface area contributed by atoms with Gasteiger partial charge in [0.05, 0.1) is 0 Å². The SMILES string of the molecule is OC1(N(c2ccccc2)c2ccccc2)C=CC(c2ccccc2)=CC1. The summed E-state index contributed by atoms with van der Waals surface area (Å²) in [4.78, 5) is 1.99. The molecular formula is C24H21NO. The molecule has 0 fully saturated rings. The lowest BCUT2D eigenvalue weighted by Crippen LogP contribution is -2.45. The third-order valence-electron chi connectivity index (χ3n) is 4.68. The highest BCUT2D eigenvalue weighted by Crippen LogP contribution is 2.38. The molecule has 26 heavy (non-hydrogen) atoms. The molecule has 0 saturated carbocycles. The number of aliphatic hydroxyl groups is 1. The smallest absolute Gasteiger partial charge is 0.165 e. The van der Waals surface area contributed by atoms with Crippen LogP contribution in [0.1, 0.15) is 12.0 Å². The molecule has 2 heteroatoms. The van der Waals surface area contributed by atoms with Gasteiger partial charge in [-0.25, -0.2) is 0 Å². The molecule has 3 aromatic rings. The number of rotatable bonds is 4. The summed E-state index contributed by atoms with van der Waals surface area (Å²) in [6, 6.07) is 30.3. The minimum atomic E-state index is -1.11. The summed E-state index contributed by atoms with van der Waals surface area (Å²) in [5, 5.41) is 11.5. The van der Waals surface area contributed by atoms with Crippen molar-refractivity contribution in [1.82, 2.24) is 0 Å². The molecule has 0 saturated heterocycles. The molecule has 1 aliphatic carbocycles. The van der Waals surface area contributed by atoms with Gasteiger partial charge in [0.2, 0.25) is 0 Å². The zero-order valence-corrected chi connectivity index (χ0v) is 14.5. The van der Waals surface area contributed by atoms with Gasteiger partial charge in [-0.1, -0.05) is 78.9 Å². The number of allylic oxidation sites excluding steroid dienone is 2. The predicted molar refractivity (Wildman–Crippen MR) is 108 cm³/mol. The number of hydrogen-bond acceptors (Lipinski definition) is 2. The monoisotopic (exact) mass is 339 g/mol. The van der Waals surface area contributed by atoms with Gasteiger partial charge in [0.1, 0.15) is 0 Å². The van der Waals surface area contributed by atoms with Crippen molar-refractivity contribution in [1.29, 1.82) is 0 Å². The zero-order valence-electron chi connectivity index (χ0n) is 14.5. The van der Waals surface area contributed by atoms with Gasteiger partial charge in [0, 0.05) is 17.8 Å². The van der Waals surface area contributed by atoms with Crippen molar-refractivity contribution in [3.05, 3.63) is 115 Å². The van der Waals surface area contributed by atoms with Gasteiger partial charge < -0.3 is 10.0 Å². The molecule has 0 heterocycles. The van der Waals surface area contributed by atoms with E-state index >= 15 is 0 Å². The zero-order chi connectivity index (χ0) is 17.8. The minimum absolute atomic E-state index is 0.511. The van der Waals surface area contributed by atoms with E-state index < -0.39 is 5.72 Å². The molecule has 0 spiro atoms. The van der Waals surface area contributed by atoms with Crippen molar-refractivity contribution in [2.75, 3.05) is 4.90 Å². The highest BCUT2D eigenvalue weighted by atomic mass is 16.3. The van der Waals surface area contributed by atoms with Crippen LogP contribution in [0.2, 0.25) is 0 Å². The Morgan fingerprint density at radius 2 is 1.19 bits per heavy atom. The Morgan fingerprint density at radius 1 is 0.692 bits per heavy atom. The average molecular weight is 339 g/mol. The summed E-state index contributed by atoms with van der Waals surface area (Å²) >= 11 is 0. The second-order valence-electron chi connectivity index (χ2n) is 6.45. The molecule has 128 valence electrons. The lowest BCUT2D eigenvalue weighted by Gasteiger charge is -2.40. The summed E-state index contributed by atoms with van der Waals surface area (Å²) in [5.41, 5.74) is 3.11. The third-order valence-corrected chi connectivity index (χ3v) is 4.68. The van der Waals surface area contributed by atoms with Gasteiger partial charge in [0.15, 0.2) is 5.72 Å². The van der Waals surface area contributed by atoms with Crippen LogP contribution in [0.5, 0.6) is 0 Å². The van der Waals surface area contributed by atoms with Crippen LogP contribution in [0, 0.1) is 0 Å². The topological polar surface area (TPSA) is 23.5 Å². The molecule has 0 radical (unpaired) electrons. The van der Waals surface area contributed by atoms with Crippen LogP contribution < -0.4 is 4.90 Å². The van der Waals surface area contributed by atoms with Crippen molar-refractivity contribution < 1.29 is 5.11 Å². The third kappa shape index (κ3) is 3.19. The molecule has 0 amide bonds. The van der Waals surface area contributed by atoms with Crippen LogP contribution in [0.25, 0.3) is 5.57 Å². The Hall–Kier alpha value is -3.10. The molecule has 4 rings (SSSR count). The Labute approximate surface area is 154 Å². The van der Waals surface area contributed by atoms with E-state index in [-0.39, 0.29) is 0 Å². The molecule has 1 unspecified atom stereocenters. The van der Waals surface area contributed by atoms with Gasteiger partial charge in [-0.2, -0.15) is 0 Å². The first-order chi connectivity index (χ1) is 12.8. The second-order valence-corrected chi connectivity index (χ2v) is 6.45. The molecule has 0 aliphatic heterocycles. The van der Waals surface area contributed by atoms with Crippen LogP contribution in [-0.4, -0.2) is 10.8 Å². The van der Waals surface area contributed by atoms with Crippen molar-refractivity contribution in [2.45, 2.75) is 12.1 Å². The number of anilines is 2. The normalized spacial score (nSPS) is 19.0. The largest absolute Gasteiger partial charge is 0.367 e. The fraction of sp³-hybridized carbons (Fsp3) is 0.0833. The van der Waals surface area contributed by atoms with Crippen molar-refractivity contribution in [3.8, 4) is 0 Å². The lowest BCUT2D eigenvalue weighted by molar-refractivity contribution is 0.100. The second kappa shape index (κ2) is 7.03. The first-order valence-corrected chi connectivity index (χ1v) is 8.84. The summed E-state index contributed by atoms with van der Waals surface area (Å²) in [5.74, 6) is 0. The molecule has 0 aromatic heterocycles. The fourth-order valence-electron chi connectivity index (χ4n) is 3.38. The summed E-state index contributed by atoms with van der Waals surface area (Å²) in [6.07, 6.45) is 6.53. The fourth-order valence-corrected chi connectivity index (χ4v) is 3.38. The first kappa shape index (κ1) is 16.4. The van der Waals surface area contributed by atoms with E-state index in [2.05, 4.69) is 18.2 Å². The summed E-state index contributed by atoms with van der Waals surface area (Å²) < 4.78 is 0. The van der Waals surface area contributed by atoms with Crippen LogP contribution in [0.3, 0.4) is 0 Å². The van der Waals surface area contributed by atoms with Gasteiger partial charge in [0.25, 0.3) is 0 Å². The van der Waals surface area contributed by atoms with E-state index in [1.54, 1.807) is 0 Å². The number of benzene rings is 3. The number of hydrogen-bond donors (Lipinski definition) is 1. The highest BCUT2D eigenvalue weighted by molar-refractivity contribution is 5.77. The maximum absolute atomic E-state index is 11.5. The van der Waals surface area contributed by atoms with E-state index in [4.69, 9.17) is 0 Å². The Morgan fingerprint density at radius 3 is 1.65 bits per heavy atom. The summed E-state index contributed by atoms with van der Waals surface area (Å²) in [6.45, 7) is 0. The predicted octanol–water partition coefficient (Wildman–Crippen LogP) is 5.56. The summed E-state index contributed by atoms with van der Waals surface area (Å²) in [7, 11) is 0. The Kier molecular flexibility index (Phi) is 4.42. The van der Waals surface area contributed by atoms with E-state index in [0.717, 1.165) is 22.5 Å². The van der Waals surface area contributed by atoms with Gasteiger partial charge >= 0.3 is 0 Å². The Bertz CT molecular complexity index is 877. The average Bonchev–Trinajstić information content (AvgIpc) is 2.71. The van der Waals surface area contributed by atoms with Crippen LogP contribution in [0.4, 0.5) is 11.4 Å². The number of para-hydroxylation sites is 2. The van der Waals surface area contributed by atoms with Crippen LogP contribution >= 0.6 is 0 Å². The molecule has 0 bridgehead atoms. The lowest BCUT2D eigenvalue weighted by atomic mass is 9.93. The molecule has 1 atom stereocenters. The van der Waals surface area contributed by atoms with Crippen molar-refractivity contribution in [3.63, 3.8) is 0 Å². The molecular weight excluding hydrogens is 318 g/mol. The number of nitrogens with zero attached hydrogens (tertiary/aromatic N) is 1. The van der Waals surface area contributed by atoms with Crippen molar-refractivity contribution >= 4 is 16.9 Å². The van der Waals surface area contributed by atoms with E-state index in [1.165, 1.54) is 0 Å². The standard InChI is InChI=1S/C24H21NO/c26-24(18-16-21(17-19-24)20-10-4-1-5-11-20)25(22-12-6-2-7-13-22)23-14-8-3-9-15-23/h1-18,26H,19H2. The quantitative estimate of drug-likeness (QED) is 0.629. The molecule has 1 aliphatic rings. The Balaban J connectivity index is 1.71. The van der Waals surface area contributed by atoms with Crippen molar-refractivity contribution in [2.24, 2.45) is 0 Å². The molecule has 2 nitrogen and oxygen atoms in total. The van der Waals surface area contributed by atoms with Gasteiger partial charge in [-0.15, -0.1) is 0 Å². The highest BCUT2D eigenvalue weighted by Gasteiger charge is 2.34. The minimum Gasteiger partial charge on any atom is -0.367 e. The van der Waals surface area contributed by atoms with E-state index in [0.29, 0.717) is 6.42 Å². The molecule has 3 aromatic carbocycles. The van der Waals surface area contributed by atoms with Crippen LogP contribution in [-0.2, 0) is 0 Å².